The zero-order valence-corrected chi connectivity index (χ0v) is 12.8. The fourth-order valence-corrected chi connectivity index (χ4v) is 3.18. The maximum Gasteiger partial charge on any atom is 0.407 e. The Morgan fingerprint density at radius 1 is 1.19 bits per heavy atom. The number of esters is 1. The standard InChI is InChI=1S/C14H25N3O4/c1-3-21-13(18)12-10-16(14(19)20)8-9-17(12)11-4-6-15(2)7-5-11/h11-12H,3-10H2,1-2H3,(H,19,20). The second kappa shape index (κ2) is 7.09. The number of piperidine rings is 1. The molecule has 120 valence electrons. The van der Waals surface area contributed by atoms with E-state index in [2.05, 4.69) is 16.8 Å². The third-order valence-electron chi connectivity index (χ3n) is 4.41. The molecule has 0 aromatic rings. The molecule has 0 radical (unpaired) electrons. The lowest BCUT2D eigenvalue weighted by atomic mass is 9.99. The van der Waals surface area contributed by atoms with Gasteiger partial charge in [0.15, 0.2) is 0 Å². The van der Waals surface area contributed by atoms with Gasteiger partial charge >= 0.3 is 12.1 Å². The summed E-state index contributed by atoms with van der Waals surface area (Å²) in [6.07, 6.45) is 1.06. The van der Waals surface area contributed by atoms with E-state index in [4.69, 9.17) is 9.84 Å². The third kappa shape index (κ3) is 3.85. The summed E-state index contributed by atoms with van der Waals surface area (Å²) in [7, 11) is 2.10. The Bertz CT molecular complexity index is 382. The van der Waals surface area contributed by atoms with Crippen LogP contribution in [0.5, 0.6) is 0 Å². The lowest BCUT2D eigenvalue weighted by Gasteiger charge is -2.45. The maximum absolute atomic E-state index is 12.2. The Morgan fingerprint density at radius 2 is 1.86 bits per heavy atom. The molecule has 1 atom stereocenters. The van der Waals surface area contributed by atoms with Crippen LogP contribution < -0.4 is 0 Å². The molecule has 2 aliphatic rings. The number of likely N-dealkylation sites (tertiary alicyclic amines) is 1. The number of amides is 1. The van der Waals surface area contributed by atoms with E-state index < -0.39 is 12.1 Å². The number of ether oxygens (including phenoxy) is 1. The van der Waals surface area contributed by atoms with Crippen molar-refractivity contribution in [3.05, 3.63) is 0 Å². The first-order valence-corrected chi connectivity index (χ1v) is 7.61. The molecule has 0 aliphatic carbocycles. The van der Waals surface area contributed by atoms with E-state index in [1.165, 1.54) is 4.90 Å². The number of carboxylic acid groups (broad SMARTS) is 1. The van der Waals surface area contributed by atoms with Gasteiger partial charge in [0.2, 0.25) is 0 Å². The van der Waals surface area contributed by atoms with Crippen LogP contribution in [0.1, 0.15) is 19.8 Å². The number of piperazine rings is 1. The SMILES string of the molecule is CCOC(=O)C1CN(C(=O)O)CCN1C1CCN(C)CC1. The highest BCUT2D eigenvalue weighted by atomic mass is 16.5. The van der Waals surface area contributed by atoms with E-state index in [1.807, 2.05) is 0 Å². The Hall–Kier alpha value is -1.34. The van der Waals surface area contributed by atoms with Crippen molar-refractivity contribution in [3.63, 3.8) is 0 Å². The van der Waals surface area contributed by atoms with Gasteiger partial charge in [-0.05, 0) is 39.9 Å². The quantitative estimate of drug-likeness (QED) is 0.756. The van der Waals surface area contributed by atoms with Crippen molar-refractivity contribution in [2.75, 3.05) is 46.4 Å². The van der Waals surface area contributed by atoms with Gasteiger partial charge in [0.05, 0.1) is 13.2 Å². The van der Waals surface area contributed by atoms with Crippen molar-refractivity contribution in [3.8, 4) is 0 Å². The number of carbonyl (C=O) groups excluding carboxylic acids is 1. The molecule has 21 heavy (non-hydrogen) atoms. The summed E-state index contributed by atoms with van der Waals surface area (Å²) in [6.45, 7) is 5.39. The molecule has 7 heteroatoms. The van der Waals surface area contributed by atoms with Crippen LogP contribution in [0.25, 0.3) is 0 Å². The molecule has 1 N–H and O–H groups in total. The average molecular weight is 299 g/mol. The van der Waals surface area contributed by atoms with E-state index in [1.54, 1.807) is 6.92 Å². The van der Waals surface area contributed by atoms with Crippen LogP contribution in [0.2, 0.25) is 0 Å². The molecular weight excluding hydrogens is 274 g/mol. The summed E-state index contributed by atoms with van der Waals surface area (Å²) in [5.41, 5.74) is 0. The van der Waals surface area contributed by atoms with Crippen molar-refractivity contribution in [2.24, 2.45) is 0 Å². The molecule has 0 bridgehead atoms. The molecule has 7 nitrogen and oxygen atoms in total. The first-order valence-electron chi connectivity index (χ1n) is 7.61. The van der Waals surface area contributed by atoms with Gasteiger partial charge in [-0.15, -0.1) is 0 Å². The summed E-state index contributed by atoms with van der Waals surface area (Å²) in [5, 5.41) is 9.15. The fraction of sp³-hybridized carbons (Fsp3) is 0.857. The number of hydrogen-bond donors (Lipinski definition) is 1. The fourth-order valence-electron chi connectivity index (χ4n) is 3.18. The largest absolute Gasteiger partial charge is 0.465 e. The minimum Gasteiger partial charge on any atom is -0.465 e. The average Bonchev–Trinajstić information content (AvgIpc) is 2.47. The smallest absolute Gasteiger partial charge is 0.407 e. The molecule has 2 saturated heterocycles. The zero-order chi connectivity index (χ0) is 15.4. The van der Waals surface area contributed by atoms with Crippen LogP contribution >= 0.6 is 0 Å². The van der Waals surface area contributed by atoms with Gasteiger partial charge in [-0.25, -0.2) is 4.79 Å². The van der Waals surface area contributed by atoms with Crippen LogP contribution in [-0.4, -0.2) is 90.3 Å². The molecule has 1 unspecified atom stereocenters. The molecule has 2 fully saturated rings. The van der Waals surface area contributed by atoms with E-state index >= 15 is 0 Å². The number of carbonyl (C=O) groups is 2. The predicted octanol–water partition coefficient (Wildman–Crippen LogP) is 0.308. The summed E-state index contributed by atoms with van der Waals surface area (Å²) in [5.74, 6) is -0.303. The first kappa shape index (κ1) is 16.0. The van der Waals surface area contributed by atoms with Crippen LogP contribution in [0.4, 0.5) is 4.79 Å². The normalized spacial score (nSPS) is 25.8. The highest BCUT2D eigenvalue weighted by Crippen LogP contribution is 2.22. The Kier molecular flexibility index (Phi) is 5.41. The van der Waals surface area contributed by atoms with Gasteiger partial charge in [-0.2, -0.15) is 0 Å². The topological polar surface area (TPSA) is 73.3 Å². The lowest BCUT2D eigenvalue weighted by Crippen LogP contribution is -2.61. The molecule has 0 aromatic carbocycles. The van der Waals surface area contributed by atoms with E-state index in [0.29, 0.717) is 25.7 Å². The predicted molar refractivity (Wildman–Crippen MR) is 77.2 cm³/mol. The Morgan fingerprint density at radius 3 is 2.43 bits per heavy atom. The molecule has 2 rings (SSSR count). The number of nitrogens with zero attached hydrogens (tertiary/aromatic N) is 3. The second-order valence-electron chi connectivity index (χ2n) is 5.77. The van der Waals surface area contributed by atoms with Crippen LogP contribution in [0.15, 0.2) is 0 Å². The van der Waals surface area contributed by atoms with Gasteiger partial charge in [0, 0.05) is 19.1 Å². The van der Waals surface area contributed by atoms with Gasteiger partial charge in [0.25, 0.3) is 0 Å². The monoisotopic (exact) mass is 299 g/mol. The minimum absolute atomic E-state index is 0.209. The Balaban J connectivity index is 2.06. The zero-order valence-electron chi connectivity index (χ0n) is 12.8. The highest BCUT2D eigenvalue weighted by Gasteiger charge is 2.39. The molecule has 1 amide bonds. The summed E-state index contributed by atoms with van der Waals surface area (Å²) in [6, 6.07) is -0.130. The van der Waals surface area contributed by atoms with Crippen molar-refractivity contribution in [1.82, 2.24) is 14.7 Å². The lowest BCUT2D eigenvalue weighted by molar-refractivity contribution is -0.153. The minimum atomic E-state index is -0.965. The van der Waals surface area contributed by atoms with Gasteiger partial charge in [-0.1, -0.05) is 0 Å². The van der Waals surface area contributed by atoms with Gasteiger partial charge in [0.1, 0.15) is 6.04 Å². The summed E-state index contributed by atoms with van der Waals surface area (Å²) >= 11 is 0. The van der Waals surface area contributed by atoms with Crippen LogP contribution in [0.3, 0.4) is 0 Å². The highest BCUT2D eigenvalue weighted by molar-refractivity contribution is 5.77. The number of hydrogen-bond acceptors (Lipinski definition) is 5. The molecule has 2 heterocycles. The molecule has 0 aromatic heterocycles. The van der Waals surface area contributed by atoms with Crippen molar-refractivity contribution in [1.29, 1.82) is 0 Å². The van der Waals surface area contributed by atoms with E-state index in [9.17, 15) is 9.59 Å². The van der Waals surface area contributed by atoms with Crippen molar-refractivity contribution in [2.45, 2.75) is 31.8 Å². The molecule has 0 spiro atoms. The maximum atomic E-state index is 12.2. The Labute approximate surface area is 125 Å². The van der Waals surface area contributed by atoms with Crippen LogP contribution in [0, 0.1) is 0 Å². The van der Waals surface area contributed by atoms with E-state index in [-0.39, 0.29) is 12.5 Å². The molecule has 0 saturated carbocycles. The summed E-state index contributed by atoms with van der Waals surface area (Å²) in [4.78, 5) is 29.1. The summed E-state index contributed by atoms with van der Waals surface area (Å²) < 4.78 is 5.14. The van der Waals surface area contributed by atoms with Crippen molar-refractivity contribution >= 4 is 12.1 Å². The van der Waals surface area contributed by atoms with Gasteiger partial charge in [-0.3, -0.25) is 9.69 Å². The first-order chi connectivity index (χ1) is 10.0. The second-order valence-corrected chi connectivity index (χ2v) is 5.77. The molecule has 2 aliphatic heterocycles. The van der Waals surface area contributed by atoms with Gasteiger partial charge < -0.3 is 19.6 Å². The molecular formula is C14H25N3O4. The van der Waals surface area contributed by atoms with Crippen LogP contribution in [-0.2, 0) is 9.53 Å². The van der Waals surface area contributed by atoms with Crippen molar-refractivity contribution < 1.29 is 19.4 Å². The number of rotatable bonds is 3. The third-order valence-corrected chi connectivity index (χ3v) is 4.41. The van der Waals surface area contributed by atoms with E-state index in [0.717, 1.165) is 25.9 Å².